The highest BCUT2D eigenvalue weighted by Gasteiger charge is 2.18. The smallest absolute Gasteiger partial charge is 0.316 e. The van der Waals surface area contributed by atoms with Gasteiger partial charge in [0.2, 0.25) is 5.75 Å². The van der Waals surface area contributed by atoms with E-state index in [2.05, 4.69) is 20.9 Å². The zero-order valence-electron chi connectivity index (χ0n) is 5.49. The molecule has 12 heavy (non-hydrogen) atoms. The Morgan fingerprint density at radius 1 is 1.75 bits per heavy atom. The van der Waals surface area contributed by atoms with Gasteiger partial charge in [0, 0.05) is 0 Å². The van der Waals surface area contributed by atoms with Crippen LogP contribution in [-0.2, 0) is 0 Å². The molecule has 1 rings (SSSR count). The number of nitro groups is 1. The standard InChI is InChI=1S/C5H2BrClN2O3/c6-5-4(10)2(9(11)12)1-3(7)8-5/h1,10H. The Morgan fingerprint density at radius 3 is 2.83 bits per heavy atom. The van der Waals surface area contributed by atoms with Crippen LogP contribution in [0.2, 0.25) is 5.15 Å². The highest BCUT2D eigenvalue weighted by atomic mass is 79.9. The molecule has 0 saturated heterocycles. The summed E-state index contributed by atoms with van der Waals surface area (Å²) in [5, 5.41) is 19.3. The monoisotopic (exact) mass is 252 g/mol. The molecule has 5 nitrogen and oxygen atoms in total. The van der Waals surface area contributed by atoms with E-state index >= 15 is 0 Å². The van der Waals surface area contributed by atoms with Crippen LogP contribution >= 0.6 is 27.5 Å². The number of hydrogen-bond donors (Lipinski definition) is 1. The zero-order chi connectivity index (χ0) is 9.30. The van der Waals surface area contributed by atoms with Crippen molar-refractivity contribution in [3.8, 4) is 5.75 Å². The predicted molar refractivity (Wildman–Crippen MR) is 45.3 cm³/mol. The van der Waals surface area contributed by atoms with Crippen LogP contribution in [0.3, 0.4) is 0 Å². The SMILES string of the molecule is O=[N+]([O-])c1cc(Cl)nc(Br)c1O. The van der Waals surface area contributed by atoms with Gasteiger partial charge in [-0.3, -0.25) is 10.1 Å². The lowest BCUT2D eigenvalue weighted by molar-refractivity contribution is -0.386. The molecule has 0 saturated carbocycles. The van der Waals surface area contributed by atoms with E-state index in [1.54, 1.807) is 0 Å². The Morgan fingerprint density at radius 2 is 2.33 bits per heavy atom. The van der Waals surface area contributed by atoms with Crippen molar-refractivity contribution in [1.29, 1.82) is 0 Å². The van der Waals surface area contributed by atoms with Crippen LogP contribution in [0.1, 0.15) is 0 Å². The molecule has 0 unspecified atom stereocenters. The van der Waals surface area contributed by atoms with Crippen LogP contribution < -0.4 is 0 Å². The van der Waals surface area contributed by atoms with Crippen molar-refractivity contribution in [3.63, 3.8) is 0 Å². The van der Waals surface area contributed by atoms with Crippen molar-refractivity contribution in [3.05, 3.63) is 25.9 Å². The molecule has 0 aliphatic rings. The fourth-order valence-electron chi connectivity index (χ4n) is 0.605. The topological polar surface area (TPSA) is 76.3 Å². The minimum absolute atomic E-state index is 0.0401. The summed E-state index contributed by atoms with van der Waals surface area (Å²) in [6.07, 6.45) is 0. The van der Waals surface area contributed by atoms with Crippen molar-refractivity contribution >= 4 is 33.2 Å². The van der Waals surface area contributed by atoms with Gasteiger partial charge < -0.3 is 5.11 Å². The molecule has 0 aromatic carbocycles. The third kappa shape index (κ3) is 1.64. The average molecular weight is 253 g/mol. The van der Waals surface area contributed by atoms with Crippen molar-refractivity contribution in [2.75, 3.05) is 0 Å². The summed E-state index contributed by atoms with van der Waals surface area (Å²) < 4.78 is -0.0401. The Bertz CT molecular complexity index is 344. The first-order valence-corrected chi connectivity index (χ1v) is 3.89. The molecule has 7 heteroatoms. The second-order valence-electron chi connectivity index (χ2n) is 1.86. The molecule has 0 amide bonds. The molecule has 1 heterocycles. The number of aromatic hydroxyl groups is 1. The summed E-state index contributed by atoms with van der Waals surface area (Å²) in [6.45, 7) is 0. The molecule has 0 aliphatic heterocycles. The van der Waals surface area contributed by atoms with Crippen LogP contribution in [-0.4, -0.2) is 15.0 Å². The molecule has 0 aliphatic carbocycles. The van der Waals surface area contributed by atoms with Gasteiger partial charge in [0.15, 0.2) is 4.60 Å². The Balaban J connectivity index is 3.37. The third-order valence-electron chi connectivity index (χ3n) is 1.10. The highest BCUT2D eigenvalue weighted by molar-refractivity contribution is 9.10. The van der Waals surface area contributed by atoms with E-state index in [0.717, 1.165) is 6.07 Å². The number of nitrogens with zero attached hydrogens (tertiary/aromatic N) is 2. The number of pyridine rings is 1. The lowest BCUT2D eigenvalue weighted by Gasteiger charge is -1.97. The molecule has 0 atom stereocenters. The molecule has 0 bridgehead atoms. The maximum absolute atomic E-state index is 10.3. The normalized spacial score (nSPS) is 9.83. The van der Waals surface area contributed by atoms with Gasteiger partial charge in [-0.1, -0.05) is 11.6 Å². The lowest BCUT2D eigenvalue weighted by Crippen LogP contribution is -1.90. The van der Waals surface area contributed by atoms with Crippen molar-refractivity contribution in [1.82, 2.24) is 4.98 Å². The van der Waals surface area contributed by atoms with Crippen LogP contribution in [0.4, 0.5) is 5.69 Å². The number of aromatic nitrogens is 1. The number of hydrogen-bond acceptors (Lipinski definition) is 4. The van der Waals surface area contributed by atoms with E-state index in [-0.39, 0.29) is 9.76 Å². The maximum Gasteiger partial charge on any atom is 0.316 e. The Labute approximate surface area is 80.3 Å². The minimum Gasteiger partial charge on any atom is -0.500 e. The van der Waals surface area contributed by atoms with Crippen LogP contribution in [0, 0.1) is 10.1 Å². The second-order valence-corrected chi connectivity index (χ2v) is 3.00. The molecule has 1 N–H and O–H groups in total. The van der Waals surface area contributed by atoms with Gasteiger partial charge in [-0.15, -0.1) is 0 Å². The first-order chi connectivity index (χ1) is 5.52. The molecule has 0 radical (unpaired) electrons. The third-order valence-corrected chi connectivity index (χ3v) is 1.84. The fourth-order valence-corrected chi connectivity index (χ4v) is 1.29. The number of rotatable bonds is 1. The quantitative estimate of drug-likeness (QED) is 0.472. The summed E-state index contributed by atoms with van der Waals surface area (Å²) in [4.78, 5) is 13.1. The van der Waals surface area contributed by atoms with E-state index in [9.17, 15) is 10.1 Å². The Hall–Kier alpha value is -0.880. The fraction of sp³-hybridized carbons (Fsp3) is 0. The molecule has 1 aromatic heterocycles. The minimum atomic E-state index is -0.742. The van der Waals surface area contributed by atoms with Gasteiger partial charge >= 0.3 is 5.69 Å². The predicted octanol–water partition coefficient (Wildman–Crippen LogP) is 2.11. The maximum atomic E-state index is 10.3. The molecule has 0 spiro atoms. The van der Waals surface area contributed by atoms with Crippen LogP contribution in [0.25, 0.3) is 0 Å². The van der Waals surface area contributed by atoms with E-state index in [4.69, 9.17) is 16.7 Å². The van der Waals surface area contributed by atoms with Gasteiger partial charge in [-0.05, 0) is 15.9 Å². The molecule has 0 fully saturated rings. The summed E-state index contributed by atoms with van der Waals surface area (Å²) in [6, 6.07) is 0.974. The van der Waals surface area contributed by atoms with Crippen molar-refractivity contribution in [2.24, 2.45) is 0 Å². The van der Waals surface area contributed by atoms with Gasteiger partial charge in [0.1, 0.15) is 5.15 Å². The summed E-state index contributed by atoms with van der Waals surface area (Å²) in [7, 11) is 0. The van der Waals surface area contributed by atoms with Crippen LogP contribution in [0.15, 0.2) is 10.7 Å². The second kappa shape index (κ2) is 3.24. The van der Waals surface area contributed by atoms with E-state index in [1.165, 1.54) is 0 Å². The van der Waals surface area contributed by atoms with Crippen molar-refractivity contribution < 1.29 is 10.0 Å². The summed E-state index contributed by atoms with van der Waals surface area (Å²) in [5.74, 6) is -0.524. The van der Waals surface area contributed by atoms with Gasteiger partial charge in [0.05, 0.1) is 11.0 Å². The molecule has 64 valence electrons. The van der Waals surface area contributed by atoms with Gasteiger partial charge in [0.25, 0.3) is 0 Å². The number of halogens is 2. The van der Waals surface area contributed by atoms with Crippen LogP contribution in [0.5, 0.6) is 5.75 Å². The van der Waals surface area contributed by atoms with E-state index < -0.39 is 16.4 Å². The average Bonchev–Trinajstić information content (AvgIpc) is 1.96. The highest BCUT2D eigenvalue weighted by Crippen LogP contribution is 2.33. The van der Waals surface area contributed by atoms with E-state index in [1.807, 2.05) is 0 Å². The molecule has 1 aromatic rings. The molecular formula is C5H2BrClN2O3. The first-order valence-electron chi connectivity index (χ1n) is 2.71. The first kappa shape index (κ1) is 9.21. The summed E-state index contributed by atoms with van der Waals surface area (Å²) in [5.41, 5.74) is -0.470. The van der Waals surface area contributed by atoms with Gasteiger partial charge in [-0.25, -0.2) is 4.98 Å². The lowest BCUT2D eigenvalue weighted by atomic mass is 10.4. The largest absolute Gasteiger partial charge is 0.500 e. The molecular weight excluding hydrogens is 251 g/mol. The zero-order valence-corrected chi connectivity index (χ0v) is 7.83. The summed E-state index contributed by atoms with van der Waals surface area (Å²) >= 11 is 8.22. The van der Waals surface area contributed by atoms with Gasteiger partial charge in [-0.2, -0.15) is 0 Å². The van der Waals surface area contributed by atoms with E-state index in [0.29, 0.717) is 0 Å². The van der Waals surface area contributed by atoms with Crippen molar-refractivity contribution in [2.45, 2.75) is 0 Å². The Kier molecular flexibility index (Phi) is 2.49.